The fourth-order valence-electron chi connectivity index (χ4n) is 2.75. The van der Waals surface area contributed by atoms with E-state index in [0.717, 1.165) is 11.4 Å². The van der Waals surface area contributed by atoms with Gasteiger partial charge in [-0.3, -0.25) is 0 Å². The summed E-state index contributed by atoms with van der Waals surface area (Å²) >= 11 is 6.04. The summed E-state index contributed by atoms with van der Waals surface area (Å²) in [5, 5.41) is 0.0413. The lowest BCUT2D eigenvalue weighted by Crippen LogP contribution is -2.48. The molecule has 2 aromatic rings. The zero-order chi connectivity index (χ0) is 17.3. The number of methoxy groups -OCH3 is 1. The SMILES string of the molecule is COc1ccccc1N1CCN(S(=O)(=O)c2ncn(C)c2Cl)CC1. The molecule has 0 N–H and O–H groups in total. The van der Waals surface area contributed by atoms with Gasteiger partial charge in [0.25, 0.3) is 10.0 Å². The molecule has 0 radical (unpaired) electrons. The van der Waals surface area contributed by atoms with Crippen LogP contribution in [0.15, 0.2) is 35.6 Å². The first-order valence-corrected chi connectivity index (χ1v) is 9.32. The van der Waals surface area contributed by atoms with Gasteiger partial charge in [0.1, 0.15) is 10.9 Å². The number of aryl methyl sites for hydroxylation is 1. The Morgan fingerprint density at radius 3 is 2.42 bits per heavy atom. The van der Waals surface area contributed by atoms with E-state index in [1.807, 2.05) is 24.3 Å². The number of halogens is 1. The monoisotopic (exact) mass is 370 g/mol. The van der Waals surface area contributed by atoms with E-state index in [4.69, 9.17) is 16.3 Å². The van der Waals surface area contributed by atoms with Crippen molar-refractivity contribution < 1.29 is 13.2 Å². The van der Waals surface area contributed by atoms with Crippen molar-refractivity contribution in [3.8, 4) is 5.75 Å². The predicted octanol–water partition coefficient (Wildman–Crippen LogP) is 1.59. The minimum Gasteiger partial charge on any atom is -0.495 e. The lowest BCUT2D eigenvalue weighted by molar-refractivity contribution is 0.377. The molecule has 130 valence electrons. The highest BCUT2D eigenvalue weighted by Crippen LogP contribution is 2.30. The molecule has 24 heavy (non-hydrogen) atoms. The van der Waals surface area contributed by atoms with Crippen LogP contribution in [0, 0.1) is 0 Å². The number of benzene rings is 1. The Hall–Kier alpha value is -1.77. The minimum atomic E-state index is -3.68. The molecule has 1 aliphatic heterocycles. The van der Waals surface area contributed by atoms with Crippen LogP contribution in [0.4, 0.5) is 5.69 Å². The lowest BCUT2D eigenvalue weighted by atomic mass is 10.2. The van der Waals surface area contributed by atoms with Crippen LogP contribution in [0.25, 0.3) is 0 Å². The van der Waals surface area contributed by atoms with Gasteiger partial charge < -0.3 is 14.2 Å². The van der Waals surface area contributed by atoms with Gasteiger partial charge in [-0.05, 0) is 12.1 Å². The van der Waals surface area contributed by atoms with Gasteiger partial charge in [0, 0.05) is 33.2 Å². The molecule has 0 saturated carbocycles. The van der Waals surface area contributed by atoms with Crippen molar-refractivity contribution in [2.75, 3.05) is 38.2 Å². The normalized spacial score (nSPS) is 16.4. The van der Waals surface area contributed by atoms with Crippen molar-refractivity contribution in [1.82, 2.24) is 13.9 Å². The number of ether oxygens (including phenoxy) is 1. The van der Waals surface area contributed by atoms with E-state index >= 15 is 0 Å². The number of hydrogen-bond donors (Lipinski definition) is 0. The molecule has 1 aromatic carbocycles. The fourth-order valence-corrected chi connectivity index (χ4v) is 4.56. The zero-order valence-corrected chi connectivity index (χ0v) is 15.1. The molecular weight excluding hydrogens is 352 g/mol. The number of sulfonamides is 1. The highest BCUT2D eigenvalue weighted by Gasteiger charge is 2.32. The highest BCUT2D eigenvalue weighted by molar-refractivity contribution is 7.89. The molecule has 2 heterocycles. The number of anilines is 1. The van der Waals surface area contributed by atoms with E-state index in [2.05, 4.69) is 9.88 Å². The number of piperazine rings is 1. The number of rotatable bonds is 4. The molecular formula is C15H19ClN4O3S. The van der Waals surface area contributed by atoms with Gasteiger partial charge in [-0.25, -0.2) is 13.4 Å². The van der Waals surface area contributed by atoms with Crippen LogP contribution in [0.1, 0.15) is 0 Å². The Labute approximate surface area is 146 Å². The Morgan fingerprint density at radius 2 is 1.83 bits per heavy atom. The van der Waals surface area contributed by atoms with Gasteiger partial charge in [0.15, 0.2) is 0 Å². The molecule has 0 aliphatic carbocycles. The van der Waals surface area contributed by atoms with Crippen molar-refractivity contribution in [3.05, 3.63) is 35.7 Å². The Balaban J connectivity index is 1.76. The second-order valence-electron chi connectivity index (χ2n) is 5.51. The van der Waals surface area contributed by atoms with Crippen LogP contribution < -0.4 is 9.64 Å². The lowest BCUT2D eigenvalue weighted by Gasteiger charge is -2.35. The summed E-state index contributed by atoms with van der Waals surface area (Å²) in [6, 6.07) is 7.71. The van der Waals surface area contributed by atoms with Gasteiger partial charge in [-0.1, -0.05) is 23.7 Å². The largest absolute Gasteiger partial charge is 0.495 e. The number of para-hydroxylation sites is 2. The maximum absolute atomic E-state index is 12.7. The molecule has 9 heteroatoms. The maximum Gasteiger partial charge on any atom is 0.263 e. The fraction of sp³-hybridized carbons (Fsp3) is 0.400. The standard InChI is InChI=1S/C15H19ClN4O3S/c1-18-11-17-15(14(18)16)24(21,22)20-9-7-19(8-10-20)12-5-3-4-6-13(12)23-2/h3-6,11H,7-10H2,1-2H3. The first kappa shape index (κ1) is 17.1. The second kappa shape index (κ2) is 6.62. The zero-order valence-electron chi connectivity index (χ0n) is 13.5. The molecule has 0 unspecified atom stereocenters. The topological polar surface area (TPSA) is 67.7 Å². The third-order valence-electron chi connectivity index (χ3n) is 4.08. The predicted molar refractivity (Wildman–Crippen MR) is 92.2 cm³/mol. The van der Waals surface area contributed by atoms with Crippen LogP contribution in [-0.2, 0) is 17.1 Å². The minimum absolute atomic E-state index is 0.0857. The number of aromatic nitrogens is 2. The second-order valence-corrected chi connectivity index (χ2v) is 7.73. The van der Waals surface area contributed by atoms with E-state index in [-0.39, 0.29) is 10.2 Å². The van der Waals surface area contributed by atoms with Crippen molar-refractivity contribution >= 4 is 27.3 Å². The first-order valence-electron chi connectivity index (χ1n) is 7.50. The van der Waals surface area contributed by atoms with Gasteiger partial charge in [-0.2, -0.15) is 4.31 Å². The number of imidazole rings is 1. The molecule has 1 aromatic heterocycles. The van der Waals surface area contributed by atoms with Crippen LogP contribution in [0.3, 0.4) is 0 Å². The molecule has 7 nitrogen and oxygen atoms in total. The number of nitrogens with zero attached hydrogens (tertiary/aromatic N) is 4. The van der Waals surface area contributed by atoms with E-state index in [9.17, 15) is 8.42 Å². The quantitative estimate of drug-likeness (QED) is 0.817. The van der Waals surface area contributed by atoms with Crippen molar-refractivity contribution in [2.24, 2.45) is 7.05 Å². The first-order chi connectivity index (χ1) is 11.4. The molecule has 0 bridgehead atoms. The number of hydrogen-bond acceptors (Lipinski definition) is 5. The Kier molecular flexibility index (Phi) is 4.71. The summed E-state index contributed by atoms with van der Waals surface area (Å²) in [7, 11) is -0.393. The van der Waals surface area contributed by atoms with Crippen LogP contribution in [-0.4, -0.2) is 55.6 Å². The third-order valence-corrected chi connectivity index (χ3v) is 6.47. The molecule has 0 atom stereocenters. The highest BCUT2D eigenvalue weighted by atomic mass is 35.5. The van der Waals surface area contributed by atoms with Crippen molar-refractivity contribution in [3.63, 3.8) is 0 Å². The van der Waals surface area contributed by atoms with E-state index in [1.54, 1.807) is 14.2 Å². The summed E-state index contributed by atoms with van der Waals surface area (Å²) in [4.78, 5) is 6.05. The molecule has 1 fully saturated rings. The Morgan fingerprint density at radius 1 is 1.17 bits per heavy atom. The van der Waals surface area contributed by atoms with Gasteiger partial charge >= 0.3 is 0 Å². The molecule has 0 amide bonds. The summed E-state index contributed by atoms with van der Waals surface area (Å²) in [6.07, 6.45) is 1.40. The maximum atomic E-state index is 12.7. The molecule has 3 rings (SSSR count). The van der Waals surface area contributed by atoms with Crippen LogP contribution in [0.5, 0.6) is 5.75 Å². The van der Waals surface area contributed by atoms with Crippen LogP contribution in [0.2, 0.25) is 5.15 Å². The molecule has 1 aliphatic rings. The van der Waals surface area contributed by atoms with Gasteiger partial charge in [0.05, 0.1) is 19.1 Å². The summed E-state index contributed by atoms with van der Waals surface area (Å²) < 4.78 is 33.7. The van der Waals surface area contributed by atoms with Crippen molar-refractivity contribution in [1.29, 1.82) is 0 Å². The summed E-state index contributed by atoms with van der Waals surface area (Å²) in [6.45, 7) is 1.88. The van der Waals surface area contributed by atoms with Crippen LogP contribution >= 0.6 is 11.6 Å². The van der Waals surface area contributed by atoms with Gasteiger partial charge in [0.2, 0.25) is 5.03 Å². The van der Waals surface area contributed by atoms with Crippen molar-refractivity contribution in [2.45, 2.75) is 5.03 Å². The van der Waals surface area contributed by atoms with E-state index in [1.165, 1.54) is 15.2 Å². The van der Waals surface area contributed by atoms with E-state index < -0.39 is 10.0 Å². The summed E-state index contributed by atoms with van der Waals surface area (Å²) in [5.74, 6) is 0.779. The Bertz CT molecular complexity index is 829. The summed E-state index contributed by atoms with van der Waals surface area (Å²) in [5.41, 5.74) is 0.966. The molecule has 0 spiro atoms. The smallest absolute Gasteiger partial charge is 0.263 e. The van der Waals surface area contributed by atoms with Gasteiger partial charge in [-0.15, -0.1) is 0 Å². The third kappa shape index (κ3) is 2.97. The van der Waals surface area contributed by atoms with E-state index in [0.29, 0.717) is 26.2 Å². The average Bonchev–Trinajstić information content (AvgIpc) is 2.95. The average molecular weight is 371 g/mol. The molecule has 1 saturated heterocycles.